The molecular formula is C33H45NO2. The van der Waals surface area contributed by atoms with E-state index < -0.39 is 5.60 Å². The minimum Gasteiger partial charge on any atom is -0.378 e. The summed E-state index contributed by atoms with van der Waals surface area (Å²) < 4.78 is 0. The van der Waals surface area contributed by atoms with Crippen LogP contribution < -0.4 is 4.90 Å². The van der Waals surface area contributed by atoms with Gasteiger partial charge in [-0.05, 0) is 112 Å². The molecule has 0 amide bonds. The van der Waals surface area contributed by atoms with Crippen molar-refractivity contribution in [3.05, 3.63) is 41.5 Å². The summed E-state index contributed by atoms with van der Waals surface area (Å²) in [6.45, 7) is 11.2. The van der Waals surface area contributed by atoms with E-state index in [-0.39, 0.29) is 16.2 Å². The molecule has 1 aromatic carbocycles. The molecule has 3 nitrogen and oxygen atoms in total. The van der Waals surface area contributed by atoms with Crippen LogP contribution in [0.4, 0.5) is 5.69 Å². The monoisotopic (exact) mass is 487 g/mol. The molecule has 0 saturated heterocycles. The number of benzene rings is 1. The van der Waals surface area contributed by atoms with E-state index in [9.17, 15) is 9.90 Å². The fraction of sp³-hybridized carbons (Fsp3) is 0.667. The first-order valence-electron chi connectivity index (χ1n) is 14.1. The number of fused-ring (bicyclic) bond motifs is 5. The first-order valence-corrected chi connectivity index (χ1v) is 14.1. The third kappa shape index (κ3) is 3.96. The van der Waals surface area contributed by atoms with Crippen LogP contribution >= 0.6 is 0 Å². The number of anilines is 1. The van der Waals surface area contributed by atoms with Crippen molar-refractivity contribution in [2.24, 2.45) is 34.0 Å². The second-order valence-electron chi connectivity index (χ2n) is 14.0. The van der Waals surface area contributed by atoms with Crippen molar-refractivity contribution in [1.29, 1.82) is 0 Å². The molecule has 7 atom stereocenters. The van der Waals surface area contributed by atoms with Gasteiger partial charge in [-0.3, -0.25) is 4.79 Å². The Labute approximate surface area is 218 Å². The molecular weight excluding hydrogens is 442 g/mol. The van der Waals surface area contributed by atoms with E-state index in [1.54, 1.807) is 0 Å². The first kappa shape index (κ1) is 25.6. The molecule has 0 spiro atoms. The predicted octanol–water partition coefficient (Wildman–Crippen LogP) is 6.76. The summed E-state index contributed by atoms with van der Waals surface area (Å²) in [4.78, 5) is 14.6. The fourth-order valence-corrected chi connectivity index (χ4v) is 8.59. The van der Waals surface area contributed by atoms with E-state index in [1.165, 1.54) is 16.8 Å². The van der Waals surface area contributed by atoms with E-state index >= 15 is 0 Å². The van der Waals surface area contributed by atoms with Crippen LogP contribution in [0, 0.1) is 45.8 Å². The van der Waals surface area contributed by atoms with Gasteiger partial charge in [0.25, 0.3) is 0 Å². The summed E-state index contributed by atoms with van der Waals surface area (Å²) in [5, 5.41) is 12.2. The molecule has 0 aromatic heterocycles. The Bertz CT molecular complexity index is 1130. The molecule has 3 fully saturated rings. The lowest BCUT2D eigenvalue weighted by Crippen LogP contribution is -2.57. The highest BCUT2D eigenvalue weighted by Crippen LogP contribution is 2.70. The van der Waals surface area contributed by atoms with Crippen LogP contribution in [0.25, 0.3) is 0 Å². The lowest BCUT2D eigenvalue weighted by molar-refractivity contribution is -0.122. The number of nitrogens with zero attached hydrogens (tertiary/aromatic N) is 1. The zero-order chi connectivity index (χ0) is 26.1. The molecule has 3 saturated carbocycles. The van der Waals surface area contributed by atoms with Gasteiger partial charge in [0.15, 0.2) is 5.78 Å². The third-order valence-electron chi connectivity index (χ3n) is 10.6. The van der Waals surface area contributed by atoms with Crippen molar-refractivity contribution in [3.63, 3.8) is 0 Å². The van der Waals surface area contributed by atoms with Crippen molar-refractivity contribution in [3.8, 4) is 11.8 Å². The van der Waals surface area contributed by atoms with Crippen molar-refractivity contribution in [1.82, 2.24) is 0 Å². The van der Waals surface area contributed by atoms with Crippen molar-refractivity contribution < 1.29 is 9.90 Å². The molecule has 0 unspecified atom stereocenters. The molecule has 4 aliphatic carbocycles. The number of carbonyl (C=O) groups is 1. The van der Waals surface area contributed by atoms with Gasteiger partial charge >= 0.3 is 0 Å². The molecule has 4 aliphatic rings. The predicted molar refractivity (Wildman–Crippen MR) is 148 cm³/mol. The summed E-state index contributed by atoms with van der Waals surface area (Å²) >= 11 is 0. The van der Waals surface area contributed by atoms with Gasteiger partial charge in [0.2, 0.25) is 0 Å². The Morgan fingerprint density at radius 2 is 1.72 bits per heavy atom. The third-order valence-corrected chi connectivity index (χ3v) is 10.6. The van der Waals surface area contributed by atoms with Gasteiger partial charge in [-0.15, -0.1) is 0 Å². The standard InChI is InChI=1S/C33H45NO2/c1-30(2,3)18-19-33(36)17-15-28-26-13-10-23-20-25(35)14-16-31(23,4)29(26)27(21-32(28,33)5)22-8-11-24(12-9-22)34(6)7/h8-9,11-12,20,26-29,36H,10,13-17,21H2,1-7H3/t26-,27+,28-,29+,31-,32-,33+/m0/s1. The van der Waals surface area contributed by atoms with Crippen LogP contribution in [-0.4, -0.2) is 30.6 Å². The Morgan fingerprint density at radius 1 is 1.03 bits per heavy atom. The van der Waals surface area contributed by atoms with Gasteiger partial charge in [-0.25, -0.2) is 0 Å². The van der Waals surface area contributed by atoms with Crippen LogP contribution in [0.15, 0.2) is 35.9 Å². The van der Waals surface area contributed by atoms with Gasteiger partial charge < -0.3 is 10.0 Å². The van der Waals surface area contributed by atoms with Crippen LogP contribution in [-0.2, 0) is 4.79 Å². The quantitative estimate of drug-likeness (QED) is 0.469. The maximum atomic E-state index is 12.4. The van der Waals surface area contributed by atoms with Gasteiger partial charge in [0.1, 0.15) is 5.60 Å². The average Bonchev–Trinajstić information content (AvgIpc) is 3.08. The van der Waals surface area contributed by atoms with Gasteiger partial charge in [-0.1, -0.05) is 43.4 Å². The molecule has 1 aromatic rings. The summed E-state index contributed by atoms with van der Waals surface area (Å²) in [6, 6.07) is 9.13. The van der Waals surface area contributed by atoms with Gasteiger partial charge in [-0.2, -0.15) is 0 Å². The molecule has 36 heavy (non-hydrogen) atoms. The fourth-order valence-electron chi connectivity index (χ4n) is 8.59. The number of allylic oxidation sites excluding steroid dienone is 1. The minimum absolute atomic E-state index is 0.0564. The lowest BCUT2D eigenvalue weighted by atomic mass is 9.43. The highest BCUT2D eigenvalue weighted by molar-refractivity contribution is 5.91. The maximum absolute atomic E-state index is 12.4. The summed E-state index contributed by atoms with van der Waals surface area (Å²) in [5.41, 5.74) is 2.72. The molecule has 0 bridgehead atoms. The number of aliphatic hydroxyl groups is 1. The zero-order valence-corrected chi connectivity index (χ0v) is 23.4. The number of rotatable bonds is 2. The van der Waals surface area contributed by atoms with E-state index in [2.05, 4.69) is 89.7 Å². The first-order chi connectivity index (χ1) is 16.8. The molecule has 0 heterocycles. The molecule has 194 valence electrons. The number of hydrogen-bond donors (Lipinski definition) is 1. The van der Waals surface area contributed by atoms with E-state index in [0.717, 1.165) is 38.5 Å². The maximum Gasteiger partial charge on any atom is 0.155 e. The Hall–Kier alpha value is -2.05. The van der Waals surface area contributed by atoms with Crippen molar-refractivity contribution >= 4 is 11.5 Å². The Morgan fingerprint density at radius 3 is 2.36 bits per heavy atom. The zero-order valence-electron chi connectivity index (χ0n) is 23.4. The minimum atomic E-state index is -0.947. The second-order valence-corrected chi connectivity index (χ2v) is 14.0. The topological polar surface area (TPSA) is 40.5 Å². The lowest BCUT2D eigenvalue weighted by Gasteiger charge is -2.61. The van der Waals surface area contributed by atoms with Crippen LogP contribution in [0.5, 0.6) is 0 Å². The SMILES string of the molecule is CN(C)c1ccc([C@H]2C[C@@]3(C)[C@@H](CC[C@@]3(O)C#CC(C)(C)C)[C@@H]3CCC4=CC(=O)CC[C@]4(C)[C@H]32)cc1. The molecule has 0 aliphatic heterocycles. The largest absolute Gasteiger partial charge is 0.378 e. The normalized spacial score (nSPS) is 39.8. The number of carbonyl (C=O) groups excluding carboxylic acids is 1. The molecule has 0 radical (unpaired) electrons. The summed E-state index contributed by atoms with van der Waals surface area (Å²) in [7, 11) is 4.17. The Kier molecular flexibility index (Phi) is 6.03. The summed E-state index contributed by atoms with van der Waals surface area (Å²) in [5.74, 6) is 9.01. The number of hydrogen-bond acceptors (Lipinski definition) is 3. The van der Waals surface area contributed by atoms with Gasteiger partial charge in [0.05, 0.1) is 0 Å². The van der Waals surface area contributed by atoms with Crippen LogP contribution in [0.1, 0.15) is 91.0 Å². The second kappa shape index (κ2) is 8.49. The van der Waals surface area contributed by atoms with E-state index in [4.69, 9.17) is 0 Å². The van der Waals surface area contributed by atoms with E-state index in [1.807, 2.05) is 6.08 Å². The van der Waals surface area contributed by atoms with Crippen LogP contribution in [0.2, 0.25) is 0 Å². The smallest absolute Gasteiger partial charge is 0.155 e. The van der Waals surface area contributed by atoms with Crippen molar-refractivity contribution in [2.75, 3.05) is 19.0 Å². The highest BCUT2D eigenvalue weighted by Gasteiger charge is 2.66. The van der Waals surface area contributed by atoms with E-state index in [0.29, 0.717) is 35.9 Å². The molecule has 3 heteroatoms. The highest BCUT2D eigenvalue weighted by atomic mass is 16.3. The molecule has 5 rings (SSSR count). The average molecular weight is 488 g/mol. The van der Waals surface area contributed by atoms with Gasteiger partial charge in [0, 0.05) is 37.0 Å². The van der Waals surface area contributed by atoms with Crippen molar-refractivity contribution in [2.45, 2.75) is 91.1 Å². The Balaban J connectivity index is 1.63. The van der Waals surface area contributed by atoms with Crippen LogP contribution in [0.3, 0.4) is 0 Å². The summed E-state index contributed by atoms with van der Waals surface area (Å²) in [6.07, 6.45) is 8.54. The number of ketones is 1. The molecule has 1 N–H and O–H groups in total.